The molecule has 104 valence electrons. The highest BCUT2D eigenvalue weighted by Crippen LogP contribution is 2.34. The van der Waals surface area contributed by atoms with Crippen LogP contribution in [0.4, 0.5) is 0 Å². The third-order valence-electron chi connectivity index (χ3n) is 3.86. The van der Waals surface area contributed by atoms with Crippen molar-refractivity contribution in [2.75, 3.05) is 19.7 Å². The Morgan fingerprint density at radius 3 is 2.35 bits per heavy atom. The molecule has 20 heavy (non-hydrogen) atoms. The first-order chi connectivity index (χ1) is 9.80. The van der Waals surface area contributed by atoms with Gasteiger partial charge in [-0.05, 0) is 17.2 Å². The Morgan fingerprint density at radius 2 is 1.70 bits per heavy atom. The zero-order valence-electron chi connectivity index (χ0n) is 11.3. The van der Waals surface area contributed by atoms with Crippen molar-refractivity contribution >= 4 is 11.6 Å². The highest BCUT2D eigenvalue weighted by molar-refractivity contribution is 6.31. The van der Waals surface area contributed by atoms with Gasteiger partial charge in [0.25, 0.3) is 0 Å². The maximum atomic E-state index is 6.33. The molecule has 3 rings (SSSR count). The summed E-state index contributed by atoms with van der Waals surface area (Å²) in [7, 11) is 0. The summed E-state index contributed by atoms with van der Waals surface area (Å²) < 4.78 is 5.94. The third kappa shape index (κ3) is 2.73. The molecule has 1 saturated heterocycles. The minimum Gasteiger partial charge on any atom is -0.376 e. The van der Waals surface area contributed by atoms with E-state index in [2.05, 4.69) is 23.5 Å². The molecule has 0 spiro atoms. The quantitative estimate of drug-likeness (QED) is 0.910. The summed E-state index contributed by atoms with van der Waals surface area (Å²) in [6.07, 6.45) is 0. The molecule has 2 aromatic rings. The van der Waals surface area contributed by atoms with Crippen molar-refractivity contribution in [3.05, 3.63) is 70.7 Å². The largest absolute Gasteiger partial charge is 0.376 e. The van der Waals surface area contributed by atoms with Gasteiger partial charge in [-0.1, -0.05) is 60.1 Å². The fourth-order valence-corrected chi connectivity index (χ4v) is 2.96. The lowest BCUT2D eigenvalue weighted by atomic mass is 9.76. The van der Waals surface area contributed by atoms with Crippen LogP contribution in [0.2, 0.25) is 5.02 Å². The second-order valence-corrected chi connectivity index (χ2v) is 5.75. The van der Waals surface area contributed by atoms with Gasteiger partial charge >= 0.3 is 0 Å². The number of ether oxygens (including phenoxy) is 1. The Morgan fingerprint density at radius 1 is 1.00 bits per heavy atom. The van der Waals surface area contributed by atoms with Gasteiger partial charge in [-0.2, -0.15) is 0 Å². The van der Waals surface area contributed by atoms with Crippen molar-refractivity contribution in [3.63, 3.8) is 0 Å². The van der Waals surface area contributed by atoms with E-state index in [1.165, 1.54) is 11.1 Å². The van der Waals surface area contributed by atoms with Gasteiger partial charge in [-0.15, -0.1) is 0 Å². The summed E-state index contributed by atoms with van der Waals surface area (Å²) in [5, 5.41) is 4.17. The average molecular weight is 288 g/mol. The smallest absolute Gasteiger partial charge is 0.0717 e. The van der Waals surface area contributed by atoms with Crippen LogP contribution in [0, 0.1) is 0 Å². The summed E-state index contributed by atoms with van der Waals surface area (Å²) in [5.74, 6) is 0. The lowest BCUT2D eigenvalue weighted by Gasteiger charge is -2.43. The van der Waals surface area contributed by atoms with Gasteiger partial charge in [0.15, 0.2) is 0 Å². The van der Waals surface area contributed by atoms with Crippen LogP contribution in [0.3, 0.4) is 0 Å². The average Bonchev–Trinajstić information content (AvgIpc) is 2.44. The molecule has 0 amide bonds. The molecular weight excluding hydrogens is 270 g/mol. The van der Waals surface area contributed by atoms with Crippen molar-refractivity contribution in [2.45, 2.75) is 12.0 Å². The van der Waals surface area contributed by atoms with E-state index < -0.39 is 0 Å². The topological polar surface area (TPSA) is 21.3 Å². The highest BCUT2D eigenvalue weighted by atomic mass is 35.5. The fraction of sp³-hybridized carbons (Fsp3) is 0.294. The molecule has 1 aliphatic heterocycles. The Hall–Kier alpha value is -1.35. The Labute approximate surface area is 124 Å². The van der Waals surface area contributed by atoms with E-state index in [9.17, 15) is 0 Å². The number of hydrogen-bond acceptors (Lipinski definition) is 2. The maximum absolute atomic E-state index is 6.33. The molecule has 0 aliphatic carbocycles. The van der Waals surface area contributed by atoms with Crippen LogP contribution in [0.15, 0.2) is 54.6 Å². The molecule has 0 bridgehead atoms. The Kier molecular flexibility index (Phi) is 4.06. The van der Waals surface area contributed by atoms with Crippen molar-refractivity contribution in [2.24, 2.45) is 0 Å². The van der Waals surface area contributed by atoms with E-state index in [-0.39, 0.29) is 5.41 Å². The second-order valence-electron chi connectivity index (χ2n) is 5.34. The number of hydrogen-bond donors (Lipinski definition) is 1. The second kappa shape index (κ2) is 5.96. The van der Waals surface area contributed by atoms with E-state index in [0.29, 0.717) is 13.2 Å². The molecule has 0 saturated carbocycles. The minimum atomic E-state index is 0.0210. The van der Waals surface area contributed by atoms with Gasteiger partial charge in [-0.3, -0.25) is 0 Å². The number of nitrogens with one attached hydrogen (secondary N) is 1. The monoisotopic (exact) mass is 287 g/mol. The third-order valence-corrected chi connectivity index (χ3v) is 4.19. The van der Waals surface area contributed by atoms with E-state index in [1.807, 2.05) is 36.4 Å². The van der Waals surface area contributed by atoms with Gasteiger partial charge in [0.1, 0.15) is 0 Å². The SMILES string of the molecule is Clc1ccccc1C1(COCc2ccccc2)CNC1. The van der Waals surface area contributed by atoms with Crippen LogP contribution in [0.5, 0.6) is 0 Å². The van der Waals surface area contributed by atoms with Crippen molar-refractivity contribution in [1.82, 2.24) is 5.32 Å². The van der Waals surface area contributed by atoms with Crippen LogP contribution in [0.25, 0.3) is 0 Å². The van der Waals surface area contributed by atoms with Crippen molar-refractivity contribution in [3.8, 4) is 0 Å². The number of benzene rings is 2. The first-order valence-electron chi connectivity index (χ1n) is 6.88. The molecule has 1 N–H and O–H groups in total. The Bertz CT molecular complexity index is 566. The van der Waals surface area contributed by atoms with E-state index >= 15 is 0 Å². The van der Waals surface area contributed by atoms with Gasteiger partial charge in [0.05, 0.1) is 13.2 Å². The van der Waals surface area contributed by atoms with Crippen molar-refractivity contribution < 1.29 is 4.74 Å². The van der Waals surface area contributed by atoms with Crippen LogP contribution in [0.1, 0.15) is 11.1 Å². The molecule has 1 fully saturated rings. The first kappa shape index (κ1) is 13.6. The first-order valence-corrected chi connectivity index (χ1v) is 7.25. The fourth-order valence-electron chi connectivity index (χ4n) is 2.63. The molecule has 0 unspecified atom stereocenters. The maximum Gasteiger partial charge on any atom is 0.0717 e. The molecule has 3 heteroatoms. The van der Waals surface area contributed by atoms with Crippen LogP contribution in [-0.4, -0.2) is 19.7 Å². The van der Waals surface area contributed by atoms with Gasteiger partial charge in [0, 0.05) is 23.5 Å². The van der Waals surface area contributed by atoms with Crippen LogP contribution >= 0.6 is 11.6 Å². The normalized spacial score (nSPS) is 16.6. The highest BCUT2D eigenvalue weighted by Gasteiger charge is 2.40. The summed E-state index contributed by atoms with van der Waals surface area (Å²) in [5.41, 5.74) is 2.41. The lowest BCUT2D eigenvalue weighted by Crippen LogP contribution is -2.59. The predicted molar refractivity (Wildman–Crippen MR) is 82.1 cm³/mol. The molecular formula is C17H18ClNO. The molecule has 1 aliphatic rings. The van der Waals surface area contributed by atoms with E-state index in [0.717, 1.165) is 18.1 Å². The van der Waals surface area contributed by atoms with E-state index in [1.54, 1.807) is 0 Å². The van der Waals surface area contributed by atoms with Gasteiger partial charge in [0.2, 0.25) is 0 Å². The zero-order chi connectivity index (χ0) is 13.8. The molecule has 1 heterocycles. The minimum absolute atomic E-state index is 0.0210. The van der Waals surface area contributed by atoms with Crippen LogP contribution in [-0.2, 0) is 16.8 Å². The van der Waals surface area contributed by atoms with Crippen LogP contribution < -0.4 is 5.32 Å². The van der Waals surface area contributed by atoms with Crippen molar-refractivity contribution in [1.29, 1.82) is 0 Å². The standard InChI is InChI=1S/C17H18ClNO/c18-16-9-5-4-8-15(16)17(11-19-12-17)13-20-10-14-6-2-1-3-7-14/h1-9,19H,10-13H2. The molecule has 0 aromatic heterocycles. The number of halogens is 1. The Balaban J connectivity index is 1.67. The summed E-state index contributed by atoms with van der Waals surface area (Å²) in [4.78, 5) is 0. The zero-order valence-corrected chi connectivity index (χ0v) is 12.1. The molecule has 0 radical (unpaired) electrons. The van der Waals surface area contributed by atoms with Gasteiger partial charge in [-0.25, -0.2) is 0 Å². The lowest BCUT2D eigenvalue weighted by molar-refractivity contribution is 0.0473. The van der Waals surface area contributed by atoms with E-state index in [4.69, 9.17) is 16.3 Å². The summed E-state index contributed by atoms with van der Waals surface area (Å²) in [6.45, 7) is 3.18. The van der Waals surface area contributed by atoms with Gasteiger partial charge < -0.3 is 10.1 Å². The predicted octanol–water partition coefficient (Wildman–Crippen LogP) is 3.40. The molecule has 0 atom stereocenters. The summed E-state index contributed by atoms with van der Waals surface area (Å²) in [6, 6.07) is 18.3. The molecule has 2 aromatic carbocycles. The number of rotatable bonds is 5. The molecule has 2 nitrogen and oxygen atoms in total. The summed E-state index contributed by atoms with van der Waals surface area (Å²) >= 11 is 6.33.